The molecule has 0 aromatic rings. The Kier molecular flexibility index (Phi) is 6.12. The molecule has 1 fully saturated rings. The van der Waals surface area contributed by atoms with Crippen LogP contribution in [0.5, 0.6) is 0 Å². The third-order valence-corrected chi connectivity index (χ3v) is 3.44. The standard InChI is InChI=1S/C13H23NO4/c1-3-4-7-18-9-12(15)14-6-5-11(13(16)17)10(2)8-14/h10-11H,3-9H2,1-2H3,(H,16,17). The molecule has 18 heavy (non-hydrogen) atoms. The number of carbonyl (C=O) groups is 2. The van der Waals surface area contributed by atoms with Gasteiger partial charge in [-0.1, -0.05) is 20.3 Å². The highest BCUT2D eigenvalue weighted by Gasteiger charge is 2.32. The summed E-state index contributed by atoms with van der Waals surface area (Å²) < 4.78 is 5.29. The number of amides is 1. The number of piperidine rings is 1. The molecule has 104 valence electrons. The minimum Gasteiger partial charge on any atom is -0.481 e. The van der Waals surface area contributed by atoms with Crippen molar-refractivity contribution in [3.05, 3.63) is 0 Å². The van der Waals surface area contributed by atoms with E-state index >= 15 is 0 Å². The molecule has 1 saturated heterocycles. The highest BCUT2D eigenvalue weighted by molar-refractivity contribution is 5.78. The van der Waals surface area contributed by atoms with Crippen LogP contribution in [0.4, 0.5) is 0 Å². The first kappa shape index (κ1) is 15.0. The third kappa shape index (κ3) is 4.29. The first-order valence-corrected chi connectivity index (χ1v) is 6.64. The van der Waals surface area contributed by atoms with E-state index in [0.29, 0.717) is 26.1 Å². The number of ether oxygens (including phenoxy) is 1. The van der Waals surface area contributed by atoms with Crippen molar-refractivity contribution < 1.29 is 19.4 Å². The van der Waals surface area contributed by atoms with E-state index in [0.717, 1.165) is 12.8 Å². The van der Waals surface area contributed by atoms with Gasteiger partial charge in [-0.25, -0.2) is 0 Å². The number of likely N-dealkylation sites (tertiary alicyclic amines) is 1. The van der Waals surface area contributed by atoms with Crippen molar-refractivity contribution in [2.24, 2.45) is 11.8 Å². The quantitative estimate of drug-likeness (QED) is 0.730. The molecule has 0 radical (unpaired) electrons. The Balaban J connectivity index is 2.31. The van der Waals surface area contributed by atoms with Crippen LogP contribution in [-0.2, 0) is 14.3 Å². The van der Waals surface area contributed by atoms with Crippen LogP contribution in [0.25, 0.3) is 0 Å². The van der Waals surface area contributed by atoms with E-state index in [1.807, 2.05) is 6.92 Å². The second kappa shape index (κ2) is 7.36. The summed E-state index contributed by atoms with van der Waals surface area (Å²) in [5, 5.41) is 9.01. The Morgan fingerprint density at radius 1 is 1.44 bits per heavy atom. The lowest BCUT2D eigenvalue weighted by molar-refractivity contribution is -0.149. The van der Waals surface area contributed by atoms with Crippen molar-refractivity contribution in [1.82, 2.24) is 4.90 Å². The first-order chi connectivity index (χ1) is 8.56. The lowest BCUT2D eigenvalue weighted by atomic mass is 9.87. The van der Waals surface area contributed by atoms with E-state index < -0.39 is 5.97 Å². The highest BCUT2D eigenvalue weighted by atomic mass is 16.5. The van der Waals surface area contributed by atoms with E-state index in [9.17, 15) is 9.59 Å². The van der Waals surface area contributed by atoms with Crippen molar-refractivity contribution in [3.8, 4) is 0 Å². The summed E-state index contributed by atoms with van der Waals surface area (Å²) in [6.45, 7) is 5.73. The monoisotopic (exact) mass is 257 g/mol. The Bertz CT molecular complexity index is 293. The Labute approximate surface area is 108 Å². The molecule has 0 aliphatic carbocycles. The molecule has 0 spiro atoms. The minimum absolute atomic E-state index is 0.0100. The van der Waals surface area contributed by atoms with E-state index in [-0.39, 0.29) is 24.3 Å². The van der Waals surface area contributed by atoms with Gasteiger partial charge in [-0.15, -0.1) is 0 Å². The van der Waals surface area contributed by atoms with Gasteiger partial charge in [-0.3, -0.25) is 9.59 Å². The lowest BCUT2D eigenvalue weighted by Crippen LogP contribution is -2.46. The number of hydrogen-bond donors (Lipinski definition) is 1. The molecular weight excluding hydrogens is 234 g/mol. The second-order valence-corrected chi connectivity index (χ2v) is 4.96. The molecule has 1 heterocycles. The predicted molar refractivity (Wildman–Crippen MR) is 67.2 cm³/mol. The smallest absolute Gasteiger partial charge is 0.306 e. The van der Waals surface area contributed by atoms with Gasteiger partial charge in [-0.2, -0.15) is 0 Å². The summed E-state index contributed by atoms with van der Waals surface area (Å²) in [7, 11) is 0. The van der Waals surface area contributed by atoms with Crippen LogP contribution in [-0.4, -0.2) is 48.2 Å². The van der Waals surface area contributed by atoms with E-state index in [1.54, 1.807) is 4.90 Å². The highest BCUT2D eigenvalue weighted by Crippen LogP contribution is 2.23. The molecule has 0 aromatic carbocycles. The minimum atomic E-state index is -0.756. The summed E-state index contributed by atoms with van der Waals surface area (Å²) >= 11 is 0. The van der Waals surface area contributed by atoms with Gasteiger partial charge < -0.3 is 14.7 Å². The molecular formula is C13H23NO4. The van der Waals surface area contributed by atoms with Gasteiger partial charge in [0.25, 0.3) is 0 Å². The fraction of sp³-hybridized carbons (Fsp3) is 0.846. The summed E-state index contributed by atoms with van der Waals surface area (Å²) in [5.41, 5.74) is 0. The Morgan fingerprint density at radius 2 is 2.17 bits per heavy atom. The summed E-state index contributed by atoms with van der Waals surface area (Å²) in [6.07, 6.45) is 2.55. The topological polar surface area (TPSA) is 66.8 Å². The van der Waals surface area contributed by atoms with Crippen LogP contribution in [0.2, 0.25) is 0 Å². The largest absolute Gasteiger partial charge is 0.481 e. The zero-order valence-electron chi connectivity index (χ0n) is 11.2. The van der Waals surface area contributed by atoms with Crippen molar-refractivity contribution in [2.45, 2.75) is 33.1 Å². The molecule has 1 aliphatic heterocycles. The maximum absolute atomic E-state index is 11.8. The van der Waals surface area contributed by atoms with Gasteiger partial charge in [0.05, 0.1) is 5.92 Å². The number of carbonyl (C=O) groups excluding carboxylic acids is 1. The van der Waals surface area contributed by atoms with Gasteiger partial charge in [-0.05, 0) is 18.8 Å². The molecule has 2 unspecified atom stereocenters. The van der Waals surface area contributed by atoms with Crippen molar-refractivity contribution in [3.63, 3.8) is 0 Å². The molecule has 5 heteroatoms. The molecule has 0 bridgehead atoms. The Hall–Kier alpha value is -1.10. The number of carboxylic acid groups (broad SMARTS) is 1. The number of carboxylic acids is 1. The van der Waals surface area contributed by atoms with Crippen LogP contribution in [0.3, 0.4) is 0 Å². The normalized spacial score (nSPS) is 24.0. The molecule has 5 nitrogen and oxygen atoms in total. The average Bonchev–Trinajstić information content (AvgIpc) is 2.33. The van der Waals surface area contributed by atoms with Crippen LogP contribution in [0.1, 0.15) is 33.1 Å². The third-order valence-electron chi connectivity index (χ3n) is 3.44. The molecule has 1 N–H and O–H groups in total. The van der Waals surface area contributed by atoms with Crippen LogP contribution >= 0.6 is 0 Å². The predicted octanol–water partition coefficient (Wildman–Crippen LogP) is 1.37. The lowest BCUT2D eigenvalue weighted by Gasteiger charge is -2.34. The van der Waals surface area contributed by atoms with Gasteiger partial charge >= 0.3 is 5.97 Å². The van der Waals surface area contributed by atoms with Gasteiger partial charge in [0.15, 0.2) is 0 Å². The van der Waals surface area contributed by atoms with E-state index in [2.05, 4.69) is 6.92 Å². The summed E-state index contributed by atoms with van der Waals surface area (Å²) in [5.74, 6) is -1.10. The SMILES string of the molecule is CCCCOCC(=O)N1CCC(C(=O)O)C(C)C1. The Morgan fingerprint density at radius 3 is 2.72 bits per heavy atom. The molecule has 1 aliphatic rings. The van der Waals surface area contributed by atoms with Crippen molar-refractivity contribution in [2.75, 3.05) is 26.3 Å². The van der Waals surface area contributed by atoms with Crippen LogP contribution < -0.4 is 0 Å². The number of rotatable bonds is 6. The molecule has 2 atom stereocenters. The average molecular weight is 257 g/mol. The fourth-order valence-corrected chi connectivity index (χ4v) is 2.24. The van der Waals surface area contributed by atoms with Crippen molar-refractivity contribution >= 4 is 11.9 Å². The maximum atomic E-state index is 11.8. The molecule has 1 rings (SSSR count). The molecule has 1 amide bonds. The molecule has 0 saturated carbocycles. The summed E-state index contributed by atoms with van der Waals surface area (Å²) in [6, 6.07) is 0. The van der Waals surface area contributed by atoms with Gasteiger partial charge in [0.2, 0.25) is 5.91 Å². The van der Waals surface area contributed by atoms with Crippen molar-refractivity contribution in [1.29, 1.82) is 0 Å². The van der Waals surface area contributed by atoms with E-state index in [4.69, 9.17) is 9.84 Å². The molecule has 0 aromatic heterocycles. The fourth-order valence-electron chi connectivity index (χ4n) is 2.24. The van der Waals surface area contributed by atoms with Gasteiger partial charge in [0.1, 0.15) is 6.61 Å². The number of hydrogen-bond acceptors (Lipinski definition) is 3. The number of unbranched alkanes of at least 4 members (excludes halogenated alkanes) is 1. The maximum Gasteiger partial charge on any atom is 0.306 e. The van der Waals surface area contributed by atoms with E-state index in [1.165, 1.54) is 0 Å². The summed E-state index contributed by atoms with van der Waals surface area (Å²) in [4.78, 5) is 24.5. The second-order valence-electron chi connectivity index (χ2n) is 4.96. The number of aliphatic carboxylic acids is 1. The zero-order valence-corrected chi connectivity index (χ0v) is 11.2. The van der Waals surface area contributed by atoms with Crippen LogP contribution in [0.15, 0.2) is 0 Å². The zero-order chi connectivity index (χ0) is 13.5. The first-order valence-electron chi connectivity index (χ1n) is 6.64. The van der Waals surface area contributed by atoms with Crippen LogP contribution in [0, 0.1) is 11.8 Å². The number of nitrogens with zero attached hydrogens (tertiary/aromatic N) is 1. The van der Waals surface area contributed by atoms with Gasteiger partial charge in [0, 0.05) is 19.7 Å².